The van der Waals surface area contributed by atoms with E-state index < -0.39 is 18.1 Å². The van der Waals surface area contributed by atoms with Crippen molar-refractivity contribution in [2.24, 2.45) is 7.05 Å². The Morgan fingerprint density at radius 3 is 2.79 bits per heavy atom. The lowest BCUT2D eigenvalue weighted by Crippen LogP contribution is -2.38. The number of aromatic nitrogens is 2. The number of alkyl halides is 3. The van der Waals surface area contributed by atoms with Gasteiger partial charge in [-0.2, -0.15) is 13.2 Å². The second-order valence-corrected chi connectivity index (χ2v) is 6.01. The van der Waals surface area contributed by atoms with Crippen molar-refractivity contribution in [3.8, 4) is 10.6 Å². The molecule has 1 amide bonds. The maximum Gasteiger partial charge on any atom is 0.412 e. The van der Waals surface area contributed by atoms with Gasteiger partial charge in [0, 0.05) is 25.0 Å². The first-order valence-electron chi connectivity index (χ1n) is 6.83. The van der Waals surface area contributed by atoms with Crippen molar-refractivity contribution >= 4 is 17.2 Å². The highest BCUT2D eigenvalue weighted by Gasteiger charge is 2.43. The van der Waals surface area contributed by atoms with Crippen molar-refractivity contribution in [3.05, 3.63) is 53.6 Å². The summed E-state index contributed by atoms with van der Waals surface area (Å²) in [5.74, 6) is -0.796. The number of hydrogen-bond donors (Lipinski definition) is 1. The fourth-order valence-electron chi connectivity index (χ4n) is 2.24. The molecule has 126 valence electrons. The Labute approximate surface area is 138 Å². The number of hydrogen-bond acceptors (Lipinski definition) is 4. The number of rotatable bonds is 4. The molecule has 9 heteroatoms. The summed E-state index contributed by atoms with van der Waals surface area (Å²) in [6, 6.07) is 2.62. The number of carbonyl (C=O) groups excluding carboxylic acids is 1. The highest BCUT2D eigenvalue weighted by molar-refractivity contribution is 7.13. The molecule has 5 nitrogen and oxygen atoms in total. The molecule has 1 N–H and O–H groups in total. The maximum absolute atomic E-state index is 13.3. The average Bonchev–Trinajstić information content (AvgIpc) is 3.23. The molecule has 3 heterocycles. The summed E-state index contributed by atoms with van der Waals surface area (Å²) in [4.78, 5) is 16.7. The minimum Gasteiger partial charge on any atom is -0.442 e. The number of carbonyl (C=O) groups is 1. The van der Waals surface area contributed by atoms with E-state index in [0.29, 0.717) is 4.88 Å². The van der Waals surface area contributed by atoms with Crippen molar-refractivity contribution in [2.45, 2.75) is 12.2 Å². The molecule has 0 bridgehead atoms. The number of halogens is 3. The minimum absolute atomic E-state index is 0.0560. The zero-order chi connectivity index (χ0) is 17.3. The first-order chi connectivity index (χ1) is 11.4. The van der Waals surface area contributed by atoms with Gasteiger partial charge in [0.15, 0.2) is 23.9 Å². The van der Waals surface area contributed by atoms with E-state index in [4.69, 9.17) is 4.42 Å². The SMILES string of the molecule is Cn1ccc([C@@H](NC(=O)c2ncoc2-c2cccs2)C(F)(F)F)c1. The third-order valence-electron chi connectivity index (χ3n) is 3.32. The number of aryl methyl sites for hydroxylation is 1. The lowest BCUT2D eigenvalue weighted by atomic mass is 10.1. The van der Waals surface area contributed by atoms with Crippen molar-refractivity contribution in [3.63, 3.8) is 0 Å². The molecule has 0 spiro atoms. The number of nitrogens with zero attached hydrogens (tertiary/aromatic N) is 2. The second-order valence-electron chi connectivity index (χ2n) is 5.07. The first kappa shape index (κ1) is 16.3. The van der Waals surface area contributed by atoms with E-state index in [9.17, 15) is 18.0 Å². The largest absolute Gasteiger partial charge is 0.442 e. The molecule has 3 aromatic rings. The Hall–Kier alpha value is -2.55. The van der Waals surface area contributed by atoms with Gasteiger partial charge in [0.2, 0.25) is 0 Å². The average molecular weight is 355 g/mol. The number of oxazole rings is 1. The highest BCUT2D eigenvalue weighted by Crippen LogP contribution is 2.34. The fraction of sp³-hybridized carbons (Fsp3) is 0.200. The molecular formula is C15H12F3N3O2S. The third kappa shape index (κ3) is 3.21. The van der Waals surface area contributed by atoms with Crippen molar-refractivity contribution in [1.82, 2.24) is 14.9 Å². The van der Waals surface area contributed by atoms with Crippen LogP contribution < -0.4 is 5.32 Å². The summed E-state index contributed by atoms with van der Waals surface area (Å²) in [5, 5.41) is 3.76. The number of thiophene rings is 1. The van der Waals surface area contributed by atoms with Crippen LogP contribution in [0.1, 0.15) is 22.1 Å². The second kappa shape index (κ2) is 6.16. The Morgan fingerprint density at radius 2 is 2.21 bits per heavy atom. The van der Waals surface area contributed by atoms with E-state index in [-0.39, 0.29) is 17.0 Å². The molecule has 0 aliphatic carbocycles. The number of amides is 1. The highest BCUT2D eigenvalue weighted by atomic mass is 32.1. The van der Waals surface area contributed by atoms with Gasteiger partial charge in [-0.15, -0.1) is 11.3 Å². The molecule has 3 rings (SSSR count). The summed E-state index contributed by atoms with van der Waals surface area (Å²) in [6.07, 6.45) is -0.812. The van der Waals surface area contributed by atoms with Crippen molar-refractivity contribution in [1.29, 1.82) is 0 Å². The summed E-state index contributed by atoms with van der Waals surface area (Å²) < 4.78 is 46.6. The Bertz CT molecular complexity index is 836. The van der Waals surface area contributed by atoms with E-state index in [1.807, 2.05) is 5.32 Å². The van der Waals surface area contributed by atoms with Crippen LogP contribution in [0.5, 0.6) is 0 Å². The van der Waals surface area contributed by atoms with Gasteiger partial charge in [-0.1, -0.05) is 6.07 Å². The van der Waals surface area contributed by atoms with E-state index in [2.05, 4.69) is 4.98 Å². The predicted molar refractivity (Wildman–Crippen MR) is 81.5 cm³/mol. The van der Waals surface area contributed by atoms with Crippen LogP contribution in [0.3, 0.4) is 0 Å². The molecule has 0 radical (unpaired) electrons. The lowest BCUT2D eigenvalue weighted by Gasteiger charge is -2.20. The maximum atomic E-state index is 13.3. The zero-order valence-corrected chi connectivity index (χ0v) is 13.2. The zero-order valence-electron chi connectivity index (χ0n) is 12.4. The molecule has 3 aromatic heterocycles. The van der Waals surface area contributed by atoms with Crippen LogP contribution in [0.15, 0.2) is 46.8 Å². The smallest absolute Gasteiger partial charge is 0.412 e. The van der Waals surface area contributed by atoms with Gasteiger partial charge >= 0.3 is 6.18 Å². The Morgan fingerprint density at radius 1 is 1.42 bits per heavy atom. The topological polar surface area (TPSA) is 60.1 Å². The fourth-order valence-corrected chi connectivity index (χ4v) is 2.95. The van der Waals surface area contributed by atoms with Crippen LogP contribution in [0.25, 0.3) is 10.6 Å². The van der Waals surface area contributed by atoms with Gasteiger partial charge < -0.3 is 14.3 Å². The molecule has 0 aliphatic heterocycles. The van der Waals surface area contributed by atoms with E-state index in [0.717, 1.165) is 6.39 Å². The summed E-state index contributed by atoms with van der Waals surface area (Å²) in [5.41, 5.74) is -0.234. The predicted octanol–water partition coefficient (Wildman–Crippen LogP) is 3.78. The van der Waals surface area contributed by atoms with Crippen LogP contribution in [0, 0.1) is 0 Å². The summed E-state index contributed by atoms with van der Waals surface area (Å²) in [7, 11) is 1.60. The molecule has 0 aliphatic rings. The van der Waals surface area contributed by atoms with Gasteiger partial charge in [-0.3, -0.25) is 4.79 Å². The third-order valence-corrected chi connectivity index (χ3v) is 4.19. The van der Waals surface area contributed by atoms with E-state index in [1.165, 1.54) is 34.4 Å². The lowest BCUT2D eigenvalue weighted by molar-refractivity contribution is -0.155. The summed E-state index contributed by atoms with van der Waals surface area (Å²) >= 11 is 1.30. The van der Waals surface area contributed by atoms with Crippen LogP contribution >= 0.6 is 11.3 Å². The molecule has 0 aromatic carbocycles. The van der Waals surface area contributed by atoms with E-state index >= 15 is 0 Å². The molecular weight excluding hydrogens is 343 g/mol. The molecule has 1 atom stereocenters. The van der Waals surface area contributed by atoms with Crippen molar-refractivity contribution < 1.29 is 22.4 Å². The minimum atomic E-state index is -4.64. The molecule has 0 saturated heterocycles. The molecule has 0 fully saturated rings. The van der Waals surface area contributed by atoms with Crippen LogP contribution in [0.2, 0.25) is 0 Å². The van der Waals surface area contributed by atoms with Gasteiger partial charge in [-0.05, 0) is 17.5 Å². The Kier molecular flexibility index (Phi) is 4.18. The normalized spacial score (nSPS) is 13.0. The van der Waals surface area contributed by atoms with E-state index in [1.54, 1.807) is 24.6 Å². The van der Waals surface area contributed by atoms with Crippen LogP contribution in [0.4, 0.5) is 13.2 Å². The number of nitrogens with one attached hydrogen (secondary N) is 1. The van der Waals surface area contributed by atoms with Gasteiger partial charge in [0.25, 0.3) is 5.91 Å². The summed E-state index contributed by atoms with van der Waals surface area (Å²) in [6.45, 7) is 0. The molecule has 0 unspecified atom stereocenters. The van der Waals surface area contributed by atoms with Gasteiger partial charge in [-0.25, -0.2) is 4.98 Å². The van der Waals surface area contributed by atoms with Crippen LogP contribution in [-0.4, -0.2) is 21.6 Å². The molecule has 24 heavy (non-hydrogen) atoms. The molecule has 0 saturated carbocycles. The van der Waals surface area contributed by atoms with Gasteiger partial charge in [0.1, 0.15) is 0 Å². The first-order valence-corrected chi connectivity index (χ1v) is 7.71. The van der Waals surface area contributed by atoms with Crippen molar-refractivity contribution in [2.75, 3.05) is 0 Å². The van der Waals surface area contributed by atoms with Crippen LogP contribution in [-0.2, 0) is 7.05 Å². The van der Waals surface area contributed by atoms with Gasteiger partial charge in [0.05, 0.1) is 4.88 Å². The Balaban J connectivity index is 1.89. The standard InChI is InChI=1S/C15H12F3N3O2S/c1-21-5-4-9(7-21)13(15(16,17)18)20-14(22)11-12(23-8-19-11)10-3-2-6-24-10/h2-8,13H,1H3,(H,20,22)/t13-/m1/s1. The quantitative estimate of drug-likeness (QED) is 0.775. The monoisotopic (exact) mass is 355 g/mol.